The Morgan fingerprint density at radius 3 is 2.52 bits per heavy atom. The van der Waals surface area contributed by atoms with Gasteiger partial charge in [0.25, 0.3) is 0 Å². The van der Waals surface area contributed by atoms with Gasteiger partial charge in [-0.3, -0.25) is 9.80 Å². The van der Waals surface area contributed by atoms with Crippen molar-refractivity contribution in [3.63, 3.8) is 0 Å². The van der Waals surface area contributed by atoms with Crippen molar-refractivity contribution in [3.05, 3.63) is 23.8 Å². The highest BCUT2D eigenvalue weighted by molar-refractivity contribution is 5.05. The highest BCUT2D eigenvalue weighted by Gasteiger charge is 2.32. The van der Waals surface area contributed by atoms with Crippen LogP contribution in [-0.2, 0) is 13.0 Å². The molecular weight excluding hydrogens is 284 g/mol. The molecule has 0 radical (unpaired) electrons. The van der Waals surface area contributed by atoms with Gasteiger partial charge < -0.3 is 0 Å². The van der Waals surface area contributed by atoms with Gasteiger partial charge in [0.15, 0.2) is 0 Å². The summed E-state index contributed by atoms with van der Waals surface area (Å²) in [6.45, 7) is 12.8. The molecule has 0 spiro atoms. The first kappa shape index (κ1) is 16.8. The van der Waals surface area contributed by atoms with E-state index in [1.807, 2.05) is 12.4 Å². The van der Waals surface area contributed by atoms with Crippen molar-refractivity contribution in [1.29, 1.82) is 0 Å². The summed E-state index contributed by atoms with van der Waals surface area (Å²) in [5, 5.41) is 0. The largest absolute Gasteiger partial charge is 0.299 e. The quantitative estimate of drug-likeness (QED) is 0.807. The molecule has 2 heterocycles. The number of aromatic nitrogens is 2. The zero-order valence-electron chi connectivity index (χ0n) is 15.0. The lowest BCUT2D eigenvalue weighted by Crippen LogP contribution is -2.45. The summed E-state index contributed by atoms with van der Waals surface area (Å²) in [5.74, 6) is 2.64. The van der Waals surface area contributed by atoms with E-state index in [9.17, 15) is 0 Å². The Morgan fingerprint density at radius 1 is 1.17 bits per heavy atom. The van der Waals surface area contributed by atoms with E-state index in [1.165, 1.54) is 51.0 Å². The molecule has 0 N–H and O–H groups in total. The maximum Gasteiger partial charge on any atom is 0.127 e. The molecule has 0 amide bonds. The first-order chi connectivity index (χ1) is 11.2. The van der Waals surface area contributed by atoms with Crippen molar-refractivity contribution >= 4 is 0 Å². The normalized spacial score (nSPS) is 24.1. The Hall–Kier alpha value is -1.00. The molecule has 1 atom stereocenters. The molecule has 2 aliphatic rings. The van der Waals surface area contributed by atoms with Crippen molar-refractivity contribution < 1.29 is 0 Å². The van der Waals surface area contributed by atoms with Crippen LogP contribution in [0.2, 0.25) is 0 Å². The molecule has 2 fully saturated rings. The Kier molecular flexibility index (Phi) is 5.65. The lowest BCUT2D eigenvalue weighted by atomic mass is 10.0. The maximum atomic E-state index is 4.45. The number of hydrogen-bond acceptors (Lipinski definition) is 4. The van der Waals surface area contributed by atoms with Gasteiger partial charge in [-0.05, 0) is 44.2 Å². The van der Waals surface area contributed by atoms with E-state index in [-0.39, 0.29) is 0 Å². The van der Waals surface area contributed by atoms with Gasteiger partial charge in [-0.2, -0.15) is 0 Å². The van der Waals surface area contributed by atoms with Crippen LogP contribution >= 0.6 is 0 Å². The van der Waals surface area contributed by atoms with Crippen molar-refractivity contribution in [1.82, 2.24) is 19.8 Å². The van der Waals surface area contributed by atoms with E-state index in [0.29, 0.717) is 12.0 Å². The topological polar surface area (TPSA) is 32.3 Å². The summed E-state index contributed by atoms with van der Waals surface area (Å²) in [6.07, 6.45) is 9.13. The smallest absolute Gasteiger partial charge is 0.127 e. The van der Waals surface area contributed by atoms with Crippen molar-refractivity contribution in [3.8, 4) is 0 Å². The van der Waals surface area contributed by atoms with Crippen LogP contribution in [0.1, 0.15) is 51.4 Å². The summed E-state index contributed by atoms with van der Waals surface area (Å²) in [4.78, 5) is 14.3. The molecule has 23 heavy (non-hydrogen) atoms. The number of rotatable bonds is 6. The van der Waals surface area contributed by atoms with Gasteiger partial charge in [0.2, 0.25) is 0 Å². The fourth-order valence-corrected chi connectivity index (χ4v) is 3.67. The molecule has 0 bridgehead atoms. The van der Waals surface area contributed by atoms with E-state index in [0.717, 1.165) is 24.7 Å². The second-order valence-corrected chi connectivity index (χ2v) is 7.70. The lowest BCUT2D eigenvalue weighted by Gasteiger charge is -2.34. The summed E-state index contributed by atoms with van der Waals surface area (Å²) in [6, 6.07) is 0.689. The molecule has 1 aliphatic heterocycles. The predicted molar refractivity (Wildman–Crippen MR) is 94.2 cm³/mol. The Morgan fingerprint density at radius 2 is 1.91 bits per heavy atom. The van der Waals surface area contributed by atoms with E-state index in [4.69, 9.17) is 0 Å². The molecule has 128 valence electrons. The van der Waals surface area contributed by atoms with E-state index >= 15 is 0 Å². The van der Waals surface area contributed by atoms with Crippen molar-refractivity contribution in [2.75, 3.05) is 26.2 Å². The van der Waals surface area contributed by atoms with Gasteiger partial charge in [0, 0.05) is 50.1 Å². The minimum absolute atomic E-state index is 0.689. The number of nitrogens with zero attached hydrogens (tertiary/aromatic N) is 4. The van der Waals surface area contributed by atoms with Gasteiger partial charge in [-0.1, -0.05) is 20.8 Å². The van der Waals surface area contributed by atoms with Crippen LogP contribution in [0.15, 0.2) is 12.4 Å². The SMILES string of the molecule is CCc1ncc(CN2CCCN(CC3CC3)[C@@H](C(C)C)C2)cn1. The van der Waals surface area contributed by atoms with Gasteiger partial charge in [0.1, 0.15) is 5.82 Å². The second-order valence-electron chi connectivity index (χ2n) is 7.70. The molecule has 3 rings (SSSR count). The predicted octanol–water partition coefficient (Wildman–Crippen LogP) is 2.98. The average molecular weight is 316 g/mol. The van der Waals surface area contributed by atoms with Gasteiger partial charge in [-0.15, -0.1) is 0 Å². The van der Waals surface area contributed by atoms with Crippen molar-refractivity contribution in [2.45, 2.75) is 59.0 Å². The molecule has 1 aromatic heterocycles. The zero-order valence-corrected chi connectivity index (χ0v) is 15.0. The monoisotopic (exact) mass is 316 g/mol. The second kappa shape index (κ2) is 7.71. The van der Waals surface area contributed by atoms with Gasteiger partial charge in [0.05, 0.1) is 0 Å². The van der Waals surface area contributed by atoms with Gasteiger partial charge >= 0.3 is 0 Å². The van der Waals surface area contributed by atoms with Crippen LogP contribution in [-0.4, -0.2) is 52.0 Å². The van der Waals surface area contributed by atoms with Crippen LogP contribution in [0, 0.1) is 11.8 Å². The average Bonchev–Trinajstić information content (AvgIpc) is 3.37. The Balaban J connectivity index is 1.62. The molecule has 4 nitrogen and oxygen atoms in total. The molecular formula is C19H32N4. The standard InChI is InChI=1S/C19H32N4/c1-4-19-20-10-17(11-21-19)12-22-8-5-9-23(13-16-6-7-16)18(14-22)15(2)3/h10-11,15-16,18H,4-9,12-14H2,1-3H3/t18-/m1/s1. The first-order valence-electron chi connectivity index (χ1n) is 9.42. The fraction of sp³-hybridized carbons (Fsp3) is 0.789. The lowest BCUT2D eigenvalue weighted by molar-refractivity contribution is 0.131. The highest BCUT2D eigenvalue weighted by Crippen LogP contribution is 2.32. The molecule has 0 aromatic carbocycles. The Labute approximate surface area is 141 Å². The third-order valence-electron chi connectivity index (χ3n) is 5.27. The number of aryl methyl sites for hydroxylation is 1. The minimum atomic E-state index is 0.689. The van der Waals surface area contributed by atoms with Crippen LogP contribution < -0.4 is 0 Å². The fourth-order valence-electron chi connectivity index (χ4n) is 3.67. The molecule has 1 aromatic rings. The molecule has 4 heteroatoms. The van der Waals surface area contributed by atoms with Crippen molar-refractivity contribution in [2.24, 2.45) is 11.8 Å². The Bertz CT molecular complexity index is 481. The van der Waals surface area contributed by atoms with Crippen LogP contribution in [0.4, 0.5) is 0 Å². The summed E-state index contributed by atoms with van der Waals surface area (Å²) < 4.78 is 0. The first-order valence-corrected chi connectivity index (χ1v) is 9.42. The summed E-state index contributed by atoms with van der Waals surface area (Å²) >= 11 is 0. The molecule has 1 saturated carbocycles. The van der Waals surface area contributed by atoms with E-state index in [1.54, 1.807) is 0 Å². The third kappa shape index (κ3) is 4.74. The minimum Gasteiger partial charge on any atom is -0.299 e. The highest BCUT2D eigenvalue weighted by atomic mass is 15.2. The summed E-state index contributed by atoms with van der Waals surface area (Å²) in [7, 11) is 0. The van der Waals surface area contributed by atoms with E-state index in [2.05, 4.69) is 40.5 Å². The molecule has 1 aliphatic carbocycles. The number of hydrogen-bond donors (Lipinski definition) is 0. The van der Waals surface area contributed by atoms with E-state index < -0.39 is 0 Å². The molecule has 1 saturated heterocycles. The zero-order chi connectivity index (χ0) is 16.2. The summed E-state index contributed by atoms with van der Waals surface area (Å²) in [5.41, 5.74) is 1.25. The molecule has 0 unspecified atom stereocenters. The van der Waals surface area contributed by atoms with Gasteiger partial charge in [-0.25, -0.2) is 9.97 Å². The van der Waals surface area contributed by atoms with Crippen LogP contribution in [0.3, 0.4) is 0 Å². The maximum absolute atomic E-state index is 4.45. The van der Waals surface area contributed by atoms with Crippen LogP contribution in [0.5, 0.6) is 0 Å². The van der Waals surface area contributed by atoms with Crippen LogP contribution in [0.25, 0.3) is 0 Å². The third-order valence-corrected chi connectivity index (χ3v) is 5.27.